The van der Waals surface area contributed by atoms with Crippen molar-refractivity contribution in [2.45, 2.75) is 0 Å². The van der Waals surface area contributed by atoms with Crippen molar-refractivity contribution < 1.29 is 0 Å². The van der Waals surface area contributed by atoms with Gasteiger partial charge in [0.05, 0.1) is 10.7 Å². The Bertz CT molecular complexity index is 410. The van der Waals surface area contributed by atoms with Crippen LogP contribution in [0.4, 0.5) is 5.82 Å². The predicted molar refractivity (Wildman–Crippen MR) is 52.4 cm³/mol. The summed E-state index contributed by atoms with van der Waals surface area (Å²) in [6.07, 6.45) is 5.33. The smallest absolute Gasteiger partial charge is 0.230 e. The molecule has 0 saturated heterocycles. The van der Waals surface area contributed by atoms with Crippen LogP contribution in [0.15, 0.2) is 23.1 Å². The second kappa shape index (κ2) is 2.88. The lowest BCUT2D eigenvalue weighted by atomic mass is 10.7. The number of anilines is 1. The molecule has 0 spiro atoms. The molecule has 68 valence electrons. The quantitative estimate of drug-likeness (QED) is 0.809. The van der Waals surface area contributed by atoms with Crippen molar-refractivity contribution in [3.8, 4) is 5.95 Å². The lowest BCUT2D eigenvalue weighted by Crippen LogP contribution is -2.03. The minimum atomic E-state index is 0.461. The molecule has 0 radical (unpaired) electrons. The fourth-order valence-corrected chi connectivity index (χ4v) is 1.32. The Balaban J connectivity index is 2.53. The summed E-state index contributed by atoms with van der Waals surface area (Å²) in [6, 6.07) is 0. The fourth-order valence-electron chi connectivity index (χ4n) is 1.05. The molecule has 2 heterocycles. The number of nitrogen functional groups attached to an aromatic ring is 1. The van der Waals surface area contributed by atoms with E-state index in [1.165, 1.54) is 0 Å². The predicted octanol–water partition coefficient (Wildman–Crippen LogP) is 0.950. The van der Waals surface area contributed by atoms with E-state index in [2.05, 4.69) is 26.0 Å². The van der Waals surface area contributed by atoms with Gasteiger partial charge in [-0.2, -0.15) is 0 Å². The first kappa shape index (κ1) is 8.31. The highest BCUT2D eigenvalue weighted by atomic mass is 79.9. The molecule has 2 aromatic rings. The van der Waals surface area contributed by atoms with Gasteiger partial charge in [-0.25, -0.2) is 9.67 Å². The molecule has 6 heteroatoms. The molecular formula is C7H8BrN5. The van der Waals surface area contributed by atoms with E-state index in [9.17, 15) is 0 Å². The third-order valence-electron chi connectivity index (χ3n) is 1.70. The minimum Gasteiger partial charge on any atom is -0.381 e. The van der Waals surface area contributed by atoms with Crippen LogP contribution < -0.4 is 5.73 Å². The number of rotatable bonds is 1. The maximum Gasteiger partial charge on any atom is 0.230 e. The maximum absolute atomic E-state index is 5.58. The molecule has 0 aliphatic carbocycles. The normalized spacial score (nSPS) is 10.6. The first-order valence-corrected chi connectivity index (χ1v) is 4.46. The van der Waals surface area contributed by atoms with Gasteiger partial charge in [-0.15, -0.1) is 5.10 Å². The minimum absolute atomic E-state index is 0.461. The van der Waals surface area contributed by atoms with Crippen LogP contribution >= 0.6 is 15.9 Å². The van der Waals surface area contributed by atoms with Crippen LogP contribution in [0, 0.1) is 0 Å². The van der Waals surface area contributed by atoms with Crippen molar-refractivity contribution in [2.24, 2.45) is 7.05 Å². The van der Waals surface area contributed by atoms with Crippen molar-refractivity contribution in [3.05, 3.63) is 23.1 Å². The summed E-state index contributed by atoms with van der Waals surface area (Å²) in [5.41, 5.74) is 5.58. The molecule has 0 amide bonds. The lowest BCUT2D eigenvalue weighted by molar-refractivity contribution is 0.752. The molecular weight excluding hydrogens is 234 g/mol. The molecule has 0 fully saturated rings. The molecule has 5 nitrogen and oxygen atoms in total. The summed E-state index contributed by atoms with van der Waals surface area (Å²) in [4.78, 5) is 4.13. The summed E-state index contributed by atoms with van der Waals surface area (Å²) in [7, 11) is 1.90. The Morgan fingerprint density at radius 3 is 2.77 bits per heavy atom. The van der Waals surface area contributed by atoms with E-state index in [1.807, 2.05) is 17.8 Å². The lowest BCUT2D eigenvalue weighted by Gasteiger charge is -1.98. The van der Waals surface area contributed by atoms with Crippen molar-refractivity contribution in [1.29, 1.82) is 0 Å². The highest BCUT2D eigenvalue weighted by Crippen LogP contribution is 2.18. The van der Waals surface area contributed by atoms with E-state index in [0.29, 0.717) is 5.82 Å². The molecule has 0 unspecified atom stereocenters. The zero-order chi connectivity index (χ0) is 9.42. The van der Waals surface area contributed by atoms with Crippen molar-refractivity contribution >= 4 is 21.7 Å². The Hall–Kier alpha value is -1.30. The second-order valence-electron chi connectivity index (χ2n) is 2.64. The number of hydrogen-bond acceptors (Lipinski definition) is 3. The van der Waals surface area contributed by atoms with Gasteiger partial charge in [0, 0.05) is 19.4 Å². The monoisotopic (exact) mass is 241 g/mol. The Morgan fingerprint density at radius 1 is 1.54 bits per heavy atom. The van der Waals surface area contributed by atoms with Gasteiger partial charge in [0.1, 0.15) is 0 Å². The van der Waals surface area contributed by atoms with Gasteiger partial charge >= 0.3 is 0 Å². The zero-order valence-corrected chi connectivity index (χ0v) is 8.56. The zero-order valence-electron chi connectivity index (χ0n) is 6.98. The van der Waals surface area contributed by atoms with Crippen LogP contribution in [0.3, 0.4) is 0 Å². The topological polar surface area (TPSA) is 61.7 Å². The Kier molecular flexibility index (Phi) is 1.84. The van der Waals surface area contributed by atoms with Gasteiger partial charge in [0.2, 0.25) is 5.95 Å². The average Bonchev–Trinajstić information content (AvgIpc) is 2.60. The SMILES string of the molecule is Cn1ccnc1-n1cc(Br)c(N)n1. The van der Waals surface area contributed by atoms with Gasteiger partial charge in [-0.3, -0.25) is 0 Å². The van der Waals surface area contributed by atoms with E-state index in [0.717, 1.165) is 10.4 Å². The van der Waals surface area contributed by atoms with E-state index in [-0.39, 0.29) is 0 Å². The van der Waals surface area contributed by atoms with Crippen molar-refractivity contribution in [1.82, 2.24) is 19.3 Å². The number of aromatic nitrogens is 4. The highest BCUT2D eigenvalue weighted by Gasteiger charge is 2.06. The number of hydrogen-bond donors (Lipinski definition) is 1. The molecule has 0 aliphatic heterocycles. The summed E-state index contributed by atoms with van der Waals surface area (Å²) in [5.74, 6) is 1.19. The summed E-state index contributed by atoms with van der Waals surface area (Å²) in [6.45, 7) is 0. The third-order valence-corrected chi connectivity index (χ3v) is 2.31. The number of nitrogens with two attached hydrogens (primary N) is 1. The van der Waals surface area contributed by atoms with Gasteiger partial charge in [0.15, 0.2) is 5.82 Å². The molecule has 0 saturated carbocycles. The molecule has 0 aliphatic rings. The van der Waals surface area contributed by atoms with E-state index in [4.69, 9.17) is 5.73 Å². The second-order valence-corrected chi connectivity index (χ2v) is 3.50. The summed E-state index contributed by atoms with van der Waals surface area (Å²) < 4.78 is 4.26. The maximum atomic E-state index is 5.58. The number of halogens is 1. The largest absolute Gasteiger partial charge is 0.381 e. The molecule has 13 heavy (non-hydrogen) atoms. The summed E-state index contributed by atoms with van der Waals surface area (Å²) in [5, 5.41) is 4.08. The summed E-state index contributed by atoms with van der Waals surface area (Å²) >= 11 is 3.28. The van der Waals surface area contributed by atoms with Crippen LogP contribution in [0.2, 0.25) is 0 Å². The molecule has 2 N–H and O–H groups in total. The van der Waals surface area contributed by atoms with Crippen LogP contribution in [0.25, 0.3) is 5.95 Å². The molecule has 0 bridgehead atoms. The fraction of sp³-hybridized carbons (Fsp3) is 0.143. The van der Waals surface area contributed by atoms with Crippen LogP contribution in [-0.4, -0.2) is 19.3 Å². The van der Waals surface area contributed by atoms with Gasteiger partial charge in [-0.1, -0.05) is 0 Å². The third kappa shape index (κ3) is 1.33. The van der Waals surface area contributed by atoms with Gasteiger partial charge in [0.25, 0.3) is 0 Å². The van der Waals surface area contributed by atoms with E-state index in [1.54, 1.807) is 17.1 Å². The number of aryl methyl sites for hydroxylation is 1. The van der Waals surface area contributed by atoms with Crippen molar-refractivity contribution in [2.75, 3.05) is 5.73 Å². The Morgan fingerprint density at radius 2 is 2.31 bits per heavy atom. The molecule has 2 rings (SSSR count). The first-order chi connectivity index (χ1) is 6.18. The van der Waals surface area contributed by atoms with E-state index >= 15 is 0 Å². The van der Waals surface area contributed by atoms with Crippen LogP contribution in [0.1, 0.15) is 0 Å². The molecule has 2 aromatic heterocycles. The van der Waals surface area contributed by atoms with Crippen molar-refractivity contribution in [3.63, 3.8) is 0 Å². The molecule has 0 atom stereocenters. The van der Waals surface area contributed by atoms with E-state index < -0.39 is 0 Å². The highest BCUT2D eigenvalue weighted by molar-refractivity contribution is 9.10. The standard InChI is InChI=1S/C7H8BrN5/c1-12-3-2-10-7(12)13-4-5(8)6(9)11-13/h2-4H,1H3,(H2,9,11). The number of nitrogens with zero attached hydrogens (tertiary/aromatic N) is 4. The van der Waals surface area contributed by atoms with Gasteiger partial charge < -0.3 is 10.3 Å². The first-order valence-electron chi connectivity index (χ1n) is 3.67. The van der Waals surface area contributed by atoms with Crippen LogP contribution in [-0.2, 0) is 7.05 Å². The van der Waals surface area contributed by atoms with Crippen LogP contribution in [0.5, 0.6) is 0 Å². The average molecular weight is 242 g/mol. The van der Waals surface area contributed by atoms with Gasteiger partial charge in [-0.05, 0) is 15.9 Å². The molecule has 0 aromatic carbocycles. The number of imidazole rings is 1. The Labute approximate surface area is 83.3 Å².